The summed E-state index contributed by atoms with van der Waals surface area (Å²) in [5.41, 5.74) is 0. The molecular weight excluding hydrogens is 303 g/mol. The number of rotatable bonds is 12. The van der Waals surface area contributed by atoms with Crippen LogP contribution in [0.2, 0.25) is 0 Å². The van der Waals surface area contributed by atoms with Gasteiger partial charge in [-0.15, -0.1) is 0 Å². The average molecular weight is 333 g/mol. The molecule has 0 fully saturated rings. The normalized spacial score (nSPS) is 14.6. The summed E-state index contributed by atoms with van der Waals surface area (Å²) in [5, 5.41) is 8.41. The van der Waals surface area contributed by atoms with E-state index in [9.17, 15) is 13.0 Å². The Morgan fingerprint density at radius 3 is 1.85 bits per heavy atom. The molecule has 0 amide bonds. The van der Waals surface area contributed by atoms with Crippen LogP contribution in [0.25, 0.3) is 0 Å². The number of unbranched alkanes of at least 4 members (excludes halogenated alkanes) is 5. The number of aliphatic hydroxyl groups excluding tert-OH is 1. The first kappa shape index (κ1) is 23.8. The molecule has 1 N–H and O–H groups in total. The van der Waals surface area contributed by atoms with E-state index in [1.165, 1.54) is 0 Å². The SMILES string of the molecule is CCCCC(CCCCCCCC(C)O)S(=O)(=O)[O-].[K+]. The molecule has 20 heavy (non-hydrogen) atoms. The number of hydrogen-bond donors (Lipinski definition) is 1. The van der Waals surface area contributed by atoms with E-state index in [1.807, 2.05) is 6.92 Å². The van der Waals surface area contributed by atoms with Crippen LogP contribution in [-0.4, -0.2) is 29.4 Å². The Morgan fingerprint density at radius 1 is 0.950 bits per heavy atom. The first-order chi connectivity index (χ1) is 8.88. The predicted octanol–water partition coefficient (Wildman–Crippen LogP) is 0.206. The van der Waals surface area contributed by atoms with Gasteiger partial charge in [0.2, 0.25) is 0 Å². The molecule has 0 saturated carbocycles. The molecule has 0 radical (unpaired) electrons. The quantitative estimate of drug-likeness (QED) is 0.315. The molecule has 0 aromatic rings. The Morgan fingerprint density at radius 2 is 1.40 bits per heavy atom. The Balaban J connectivity index is 0. The zero-order chi connectivity index (χ0) is 14.7. The van der Waals surface area contributed by atoms with Crippen LogP contribution in [0.1, 0.15) is 78.1 Å². The van der Waals surface area contributed by atoms with Crippen molar-refractivity contribution in [3.05, 3.63) is 0 Å². The van der Waals surface area contributed by atoms with Crippen LogP contribution in [0.5, 0.6) is 0 Å². The minimum Gasteiger partial charge on any atom is -0.748 e. The average Bonchev–Trinajstić information content (AvgIpc) is 2.29. The third kappa shape index (κ3) is 14.4. The second-order valence-electron chi connectivity index (χ2n) is 5.45. The van der Waals surface area contributed by atoms with Crippen molar-refractivity contribution in [1.82, 2.24) is 0 Å². The molecule has 0 aliphatic rings. The van der Waals surface area contributed by atoms with Crippen molar-refractivity contribution in [2.75, 3.05) is 0 Å². The van der Waals surface area contributed by atoms with Crippen LogP contribution in [0.3, 0.4) is 0 Å². The summed E-state index contributed by atoms with van der Waals surface area (Å²) in [5.74, 6) is 0. The molecule has 0 aliphatic heterocycles. The van der Waals surface area contributed by atoms with Gasteiger partial charge in [-0.05, 0) is 26.2 Å². The van der Waals surface area contributed by atoms with Gasteiger partial charge in [-0.25, -0.2) is 8.42 Å². The second-order valence-corrected chi connectivity index (χ2v) is 7.10. The fourth-order valence-electron chi connectivity index (χ4n) is 2.21. The topological polar surface area (TPSA) is 77.4 Å². The molecule has 0 aromatic carbocycles. The van der Waals surface area contributed by atoms with E-state index >= 15 is 0 Å². The maximum Gasteiger partial charge on any atom is 1.00 e. The Kier molecular flexibility index (Phi) is 16.8. The van der Waals surface area contributed by atoms with Gasteiger partial charge in [0.15, 0.2) is 0 Å². The summed E-state index contributed by atoms with van der Waals surface area (Å²) in [6.07, 6.45) is 8.23. The first-order valence-corrected chi connectivity index (χ1v) is 8.97. The minimum atomic E-state index is -4.13. The van der Waals surface area contributed by atoms with Gasteiger partial charge in [-0.2, -0.15) is 0 Å². The Hall–Kier alpha value is 1.51. The van der Waals surface area contributed by atoms with E-state index in [4.69, 9.17) is 5.11 Å². The fraction of sp³-hybridized carbons (Fsp3) is 1.00. The molecule has 2 unspecified atom stereocenters. The van der Waals surface area contributed by atoms with Crippen molar-refractivity contribution in [3.8, 4) is 0 Å². The number of aliphatic hydroxyl groups is 1. The van der Waals surface area contributed by atoms with Crippen molar-refractivity contribution in [2.45, 2.75) is 89.4 Å². The molecule has 6 heteroatoms. The van der Waals surface area contributed by atoms with Gasteiger partial charge in [-0.1, -0.05) is 51.9 Å². The Labute approximate surface area is 167 Å². The van der Waals surface area contributed by atoms with Gasteiger partial charge in [0, 0.05) is 5.25 Å². The summed E-state index contributed by atoms with van der Waals surface area (Å²) in [6.45, 7) is 3.79. The summed E-state index contributed by atoms with van der Waals surface area (Å²) >= 11 is 0. The molecule has 2 atom stereocenters. The zero-order valence-electron chi connectivity index (χ0n) is 13.3. The van der Waals surface area contributed by atoms with Crippen molar-refractivity contribution in [3.63, 3.8) is 0 Å². The maximum atomic E-state index is 11.1. The standard InChI is InChI=1S/C14H30O4S.K/c1-3-4-11-14(19(16,17)18)12-9-7-5-6-8-10-13(2)15;/h13-15H,3-12H2,1-2H3,(H,16,17,18);/q;+1/p-1. The zero-order valence-corrected chi connectivity index (χ0v) is 17.2. The number of hydrogen-bond acceptors (Lipinski definition) is 4. The van der Waals surface area contributed by atoms with Crippen LogP contribution >= 0.6 is 0 Å². The van der Waals surface area contributed by atoms with Gasteiger partial charge >= 0.3 is 51.4 Å². The van der Waals surface area contributed by atoms with Gasteiger partial charge < -0.3 is 9.66 Å². The minimum absolute atomic E-state index is 0. The predicted molar refractivity (Wildman–Crippen MR) is 77.0 cm³/mol. The molecule has 0 rings (SSSR count). The molecule has 4 nitrogen and oxygen atoms in total. The smallest absolute Gasteiger partial charge is 0.748 e. The van der Waals surface area contributed by atoms with Crippen LogP contribution < -0.4 is 51.4 Å². The van der Waals surface area contributed by atoms with Crippen LogP contribution in [-0.2, 0) is 10.1 Å². The third-order valence-corrected chi connectivity index (χ3v) is 4.72. The molecule has 0 spiro atoms. The summed E-state index contributed by atoms with van der Waals surface area (Å²) in [7, 11) is -4.13. The fourth-order valence-corrected chi connectivity index (χ4v) is 3.12. The van der Waals surface area contributed by atoms with E-state index in [2.05, 4.69) is 0 Å². The van der Waals surface area contributed by atoms with Gasteiger partial charge in [0.1, 0.15) is 0 Å². The van der Waals surface area contributed by atoms with E-state index in [-0.39, 0.29) is 57.5 Å². The van der Waals surface area contributed by atoms with Gasteiger partial charge in [-0.3, -0.25) is 0 Å². The van der Waals surface area contributed by atoms with Crippen LogP contribution in [0.15, 0.2) is 0 Å². The molecule has 116 valence electrons. The molecule has 0 heterocycles. The summed E-state index contributed by atoms with van der Waals surface area (Å²) in [6, 6.07) is 0. The van der Waals surface area contributed by atoms with E-state index in [1.54, 1.807) is 6.92 Å². The van der Waals surface area contributed by atoms with Crippen LogP contribution in [0, 0.1) is 0 Å². The molecular formula is C14H29KO4S. The summed E-state index contributed by atoms with van der Waals surface area (Å²) < 4.78 is 33.3. The molecule has 0 aliphatic carbocycles. The molecule has 0 aromatic heterocycles. The second kappa shape index (κ2) is 14.1. The maximum absolute atomic E-state index is 11.1. The van der Waals surface area contributed by atoms with Gasteiger partial charge in [0.25, 0.3) is 0 Å². The van der Waals surface area contributed by atoms with Crippen molar-refractivity contribution in [2.24, 2.45) is 0 Å². The van der Waals surface area contributed by atoms with Crippen LogP contribution in [0.4, 0.5) is 0 Å². The van der Waals surface area contributed by atoms with E-state index in [0.29, 0.717) is 12.8 Å². The van der Waals surface area contributed by atoms with Gasteiger partial charge in [0.05, 0.1) is 16.2 Å². The monoisotopic (exact) mass is 332 g/mol. The summed E-state index contributed by atoms with van der Waals surface area (Å²) in [4.78, 5) is 0. The first-order valence-electron chi connectivity index (χ1n) is 7.50. The molecule has 0 saturated heterocycles. The largest absolute Gasteiger partial charge is 1.00 e. The molecule has 0 bridgehead atoms. The van der Waals surface area contributed by atoms with E-state index in [0.717, 1.165) is 51.4 Å². The van der Waals surface area contributed by atoms with Crippen molar-refractivity contribution in [1.29, 1.82) is 0 Å². The van der Waals surface area contributed by atoms with Crippen molar-refractivity contribution < 1.29 is 69.5 Å². The van der Waals surface area contributed by atoms with Crippen molar-refractivity contribution >= 4 is 10.1 Å². The third-order valence-electron chi connectivity index (χ3n) is 3.44. The Bertz CT molecular complexity index is 304. The van der Waals surface area contributed by atoms with E-state index < -0.39 is 15.4 Å².